The zero-order valence-electron chi connectivity index (χ0n) is 20.9. The topological polar surface area (TPSA) is 87.6 Å². The van der Waals surface area contributed by atoms with Crippen LogP contribution in [0, 0.1) is 0 Å². The summed E-state index contributed by atoms with van der Waals surface area (Å²) in [4.78, 5) is 0. The van der Waals surface area contributed by atoms with Gasteiger partial charge in [0.05, 0.1) is 5.30 Å². The number of hydrogen-bond acceptors (Lipinski definition) is 5. The number of ether oxygens (including phenoxy) is 1. The van der Waals surface area contributed by atoms with E-state index in [2.05, 4.69) is 0 Å². The molecule has 0 bridgehead atoms. The standard InChI is InChI=1S/C32H27N2O3P/c1-32(22-10-14-24(33)15-11-22,23-12-18-26(19-13-23)36-27-20-16-25(34)17-21-27)38(35)31-9-5-3-7-29(31)28-6-2-4-8-30(28)37-38/h2-21H,33-34H2,1H3. The van der Waals surface area contributed by atoms with Gasteiger partial charge in [-0.1, -0.05) is 60.7 Å². The zero-order valence-corrected chi connectivity index (χ0v) is 21.8. The van der Waals surface area contributed by atoms with Crippen LogP contribution < -0.4 is 26.0 Å². The number of fused-ring (bicyclic) bond motifs is 3. The summed E-state index contributed by atoms with van der Waals surface area (Å²) in [5.41, 5.74) is 16.7. The predicted octanol–water partition coefficient (Wildman–Crippen LogP) is 7.57. The molecule has 6 rings (SSSR count). The third-order valence-corrected chi connectivity index (χ3v) is 10.4. The molecule has 0 fully saturated rings. The Morgan fingerprint density at radius 2 is 1.11 bits per heavy atom. The molecule has 0 radical (unpaired) electrons. The Bertz CT molecular complexity index is 1670. The van der Waals surface area contributed by atoms with Gasteiger partial charge in [0.25, 0.3) is 7.37 Å². The normalized spacial score (nSPS) is 17.4. The number of nitrogen functional groups attached to an aromatic ring is 2. The lowest BCUT2D eigenvalue weighted by Crippen LogP contribution is -2.34. The van der Waals surface area contributed by atoms with E-state index in [0.717, 1.165) is 22.3 Å². The molecule has 0 spiro atoms. The molecule has 1 aliphatic rings. The minimum atomic E-state index is -3.60. The van der Waals surface area contributed by atoms with Gasteiger partial charge < -0.3 is 20.7 Å². The molecular formula is C32H27N2O3P. The second kappa shape index (κ2) is 9.13. The maximum Gasteiger partial charge on any atom is 0.292 e. The number of nitrogens with two attached hydrogens (primary N) is 2. The Morgan fingerprint density at radius 1 is 0.632 bits per heavy atom. The number of benzene rings is 5. The molecule has 5 aromatic carbocycles. The minimum absolute atomic E-state index is 0.611. The highest BCUT2D eigenvalue weighted by Crippen LogP contribution is 2.69. The van der Waals surface area contributed by atoms with Gasteiger partial charge in [0, 0.05) is 16.9 Å². The Labute approximate surface area is 222 Å². The van der Waals surface area contributed by atoms with Crippen LogP contribution in [0.5, 0.6) is 17.2 Å². The second-order valence-electron chi connectivity index (χ2n) is 9.55. The van der Waals surface area contributed by atoms with Crippen molar-refractivity contribution in [2.75, 3.05) is 11.5 Å². The molecule has 0 saturated heterocycles. The highest BCUT2D eigenvalue weighted by Gasteiger charge is 2.53. The van der Waals surface area contributed by atoms with Crippen molar-refractivity contribution in [3.63, 3.8) is 0 Å². The summed E-state index contributed by atoms with van der Waals surface area (Å²) in [6.07, 6.45) is 0. The zero-order chi connectivity index (χ0) is 26.3. The van der Waals surface area contributed by atoms with Gasteiger partial charge >= 0.3 is 0 Å². The lowest BCUT2D eigenvalue weighted by Gasteiger charge is -2.41. The van der Waals surface area contributed by atoms with E-state index in [-0.39, 0.29) is 0 Å². The summed E-state index contributed by atoms with van der Waals surface area (Å²) in [6, 6.07) is 38.0. The molecule has 5 nitrogen and oxygen atoms in total. The third-order valence-electron chi connectivity index (χ3n) is 7.22. The Balaban J connectivity index is 1.51. The summed E-state index contributed by atoms with van der Waals surface area (Å²) in [7, 11) is -3.60. The van der Waals surface area contributed by atoms with Crippen molar-refractivity contribution in [2.45, 2.75) is 12.1 Å². The van der Waals surface area contributed by atoms with E-state index in [0.29, 0.717) is 33.9 Å². The molecular weight excluding hydrogens is 491 g/mol. The van der Waals surface area contributed by atoms with E-state index < -0.39 is 12.5 Å². The average molecular weight is 519 g/mol. The second-order valence-corrected chi connectivity index (χ2v) is 12.2. The SMILES string of the molecule is CC(c1ccc(N)cc1)(c1ccc(Oc2ccc(N)cc2)cc1)P1(=O)Oc2ccccc2-c2ccccc21. The first-order valence-corrected chi connectivity index (χ1v) is 14.0. The molecule has 0 aliphatic carbocycles. The van der Waals surface area contributed by atoms with Gasteiger partial charge in [0.15, 0.2) is 0 Å². The molecule has 0 amide bonds. The maximum absolute atomic E-state index is 15.4. The summed E-state index contributed by atoms with van der Waals surface area (Å²) in [6.45, 7) is 1.99. The van der Waals surface area contributed by atoms with Crippen LogP contribution >= 0.6 is 7.37 Å². The van der Waals surface area contributed by atoms with E-state index in [1.165, 1.54) is 0 Å². The highest BCUT2D eigenvalue weighted by atomic mass is 31.2. The Hall–Kier alpha value is -4.47. The molecule has 6 heteroatoms. The van der Waals surface area contributed by atoms with E-state index in [1.807, 2.05) is 116 Å². The summed E-state index contributed by atoms with van der Waals surface area (Å²) in [5.74, 6) is 1.95. The summed E-state index contributed by atoms with van der Waals surface area (Å²) >= 11 is 0. The smallest absolute Gasteiger partial charge is 0.292 e. The Morgan fingerprint density at radius 3 is 1.74 bits per heavy atom. The fourth-order valence-corrected chi connectivity index (χ4v) is 8.05. The van der Waals surface area contributed by atoms with Crippen molar-refractivity contribution >= 4 is 24.0 Å². The molecule has 1 heterocycles. The Kier molecular flexibility index (Phi) is 5.74. The summed E-state index contributed by atoms with van der Waals surface area (Å²) in [5, 5.41) is -0.329. The van der Waals surface area contributed by atoms with Crippen LogP contribution in [0.2, 0.25) is 0 Å². The number of para-hydroxylation sites is 1. The van der Waals surface area contributed by atoms with Crippen molar-refractivity contribution in [1.29, 1.82) is 0 Å². The van der Waals surface area contributed by atoms with Crippen LogP contribution in [0.4, 0.5) is 11.4 Å². The van der Waals surface area contributed by atoms with Gasteiger partial charge in [0.2, 0.25) is 0 Å². The largest absolute Gasteiger partial charge is 0.457 e. The highest BCUT2D eigenvalue weighted by molar-refractivity contribution is 7.69. The van der Waals surface area contributed by atoms with Gasteiger partial charge in [-0.25, -0.2) is 0 Å². The molecule has 1 aliphatic heterocycles. The molecule has 2 unspecified atom stereocenters. The van der Waals surface area contributed by atoms with E-state index in [4.69, 9.17) is 20.7 Å². The molecule has 4 N–H and O–H groups in total. The molecule has 188 valence electrons. The number of anilines is 2. The first-order chi connectivity index (χ1) is 18.4. The lowest BCUT2D eigenvalue weighted by molar-refractivity contribution is 0.462. The monoisotopic (exact) mass is 518 g/mol. The first-order valence-electron chi connectivity index (χ1n) is 12.4. The number of hydrogen-bond donors (Lipinski definition) is 2. The first kappa shape index (κ1) is 23.9. The minimum Gasteiger partial charge on any atom is -0.457 e. The predicted molar refractivity (Wildman–Crippen MR) is 154 cm³/mol. The van der Waals surface area contributed by atoms with Crippen molar-refractivity contribution in [1.82, 2.24) is 0 Å². The van der Waals surface area contributed by atoms with Gasteiger partial charge in [-0.3, -0.25) is 4.57 Å². The fraction of sp³-hybridized carbons (Fsp3) is 0.0625. The van der Waals surface area contributed by atoms with Gasteiger partial charge in [-0.05, 0) is 84.3 Å². The van der Waals surface area contributed by atoms with Crippen LogP contribution in [-0.4, -0.2) is 0 Å². The van der Waals surface area contributed by atoms with Crippen LogP contribution in [0.1, 0.15) is 18.1 Å². The van der Waals surface area contributed by atoms with Crippen LogP contribution in [0.25, 0.3) is 11.1 Å². The van der Waals surface area contributed by atoms with Crippen molar-refractivity contribution in [3.8, 4) is 28.4 Å². The molecule has 38 heavy (non-hydrogen) atoms. The molecule has 5 aromatic rings. The van der Waals surface area contributed by atoms with E-state index in [9.17, 15) is 0 Å². The van der Waals surface area contributed by atoms with Gasteiger partial charge in [0.1, 0.15) is 22.4 Å². The quantitative estimate of drug-likeness (QED) is 0.185. The van der Waals surface area contributed by atoms with Crippen molar-refractivity contribution in [3.05, 3.63) is 132 Å². The maximum atomic E-state index is 15.4. The van der Waals surface area contributed by atoms with Crippen molar-refractivity contribution in [2.24, 2.45) is 0 Å². The average Bonchev–Trinajstić information content (AvgIpc) is 2.95. The van der Waals surface area contributed by atoms with E-state index in [1.54, 1.807) is 12.1 Å². The molecule has 0 saturated carbocycles. The molecule has 0 aromatic heterocycles. The third kappa shape index (κ3) is 3.84. The van der Waals surface area contributed by atoms with Crippen LogP contribution in [0.15, 0.2) is 121 Å². The number of rotatable bonds is 5. The van der Waals surface area contributed by atoms with Gasteiger partial charge in [-0.15, -0.1) is 0 Å². The van der Waals surface area contributed by atoms with Gasteiger partial charge in [-0.2, -0.15) is 0 Å². The fourth-order valence-electron chi connectivity index (χ4n) is 5.08. The van der Waals surface area contributed by atoms with Crippen molar-refractivity contribution < 1.29 is 13.8 Å². The summed E-state index contributed by atoms with van der Waals surface area (Å²) < 4.78 is 28.0. The lowest BCUT2D eigenvalue weighted by atomic mass is 9.91. The molecule has 2 atom stereocenters. The van der Waals surface area contributed by atoms with E-state index >= 15 is 4.57 Å². The van der Waals surface area contributed by atoms with Crippen LogP contribution in [0.3, 0.4) is 0 Å². The van der Waals surface area contributed by atoms with Crippen LogP contribution in [-0.2, 0) is 9.72 Å².